The van der Waals surface area contributed by atoms with Gasteiger partial charge in [0.1, 0.15) is 5.82 Å². The second kappa shape index (κ2) is 8.74. The molecule has 1 fully saturated rings. The Morgan fingerprint density at radius 2 is 1.79 bits per heavy atom. The van der Waals surface area contributed by atoms with Crippen LogP contribution in [0.2, 0.25) is 0 Å². The van der Waals surface area contributed by atoms with Gasteiger partial charge in [-0.05, 0) is 30.3 Å². The molecule has 0 bridgehead atoms. The minimum Gasteiger partial charge on any atom is -0.493 e. The van der Waals surface area contributed by atoms with Crippen LogP contribution in [0, 0.1) is 0 Å². The zero-order chi connectivity index (χ0) is 20.1. The van der Waals surface area contributed by atoms with Crippen LogP contribution in [-0.2, 0) is 0 Å². The van der Waals surface area contributed by atoms with Gasteiger partial charge in [-0.1, -0.05) is 0 Å². The van der Waals surface area contributed by atoms with Gasteiger partial charge in [0.05, 0.1) is 19.9 Å². The number of nitrogens with one attached hydrogen (secondary N) is 2. The maximum absolute atomic E-state index is 5.35. The number of piperazine rings is 1. The van der Waals surface area contributed by atoms with Gasteiger partial charge in [-0.2, -0.15) is 0 Å². The standard InChI is InChI=1S/C21H24N6O2/c1-28-18-5-4-16(13-19(18)29-2)25-21-23-8-7-17(26-21)15-3-6-20(24-14-15)27-11-9-22-10-12-27/h3-8,13-14,22H,9-12H2,1-2H3,(H,23,25,26). The van der Waals surface area contributed by atoms with E-state index in [1.165, 1.54) is 0 Å². The van der Waals surface area contributed by atoms with Gasteiger partial charge < -0.3 is 25.0 Å². The Balaban J connectivity index is 1.51. The fraction of sp³-hybridized carbons (Fsp3) is 0.286. The van der Waals surface area contributed by atoms with Crippen LogP contribution < -0.4 is 25.0 Å². The molecule has 0 spiro atoms. The van der Waals surface area contributed by atoms with E-state index in [-0.39, 0.29) is 0 Å². The maximum Gasteiger partial charge on any atom is 0.227 e. The Morgan fingerprint density at radius 1 is 0.966 bits per heavy atom. The van der Waals surface area contributed by atoms with E-state index in [0.717, 1.165) is 48.9 Å². The van der Waals surface area contributed by atoms with Crippen LogP contribution in [0.25, 0.3) is 11.3 Å². The molecule has 3 heterocycles. The molecule has 1 aliphatic rings. The molecule has 150 valence electrons. The highest BCUT2D eigenvalue weighted by Crippen LogP contribution is 2.31. The summed E-state index contributed by atoms with van der Waals surface area (Å²) in [4.78, 5) is 15.8. The number of methoxy groups -OCH3 is 2. The SMILES string of the molecule is COc1ccc(Nc2nccc(-c3ccc(N4CCNCC4)nc3)n2)cc1OC. The quantitative estimate of drug-likeness (QED) is 0.662. The predicted octanol–water partition coefficient (Wildman–Crippen LogP) is 2.71. The van der Waals surface area contributed by atoms with Crippen molar-refractivity contribution in [2.75, 3.05) is 50.6 Å². The third kappa shape index (κ3) is 4.38. The van der Waals surface area contributed by atoms with E-state index in [1.807, 2.05) is 42.6 Å². The Hall–Kier alpha value is -3.39. The topological polar surface area (TPSA) is 84.4 Å². The van der Waals surface area contributed by atoms with Crippen molar-refractivity contribution in [3.05, 3.63) is 48.8 Å². The molecule has 1 saturated heterocycles. The van der Waals surface area contributed by atoms with Crippen LogP contribution in [0.1, 0.15) is 0 Å². The second-order valence-electron chi connectivity index (χ2n) is 6.60. The summed E-state index contributed by atoms with van der Waals surface area (Å²) >= 11 is 0. The fourth-order valence-corrected chi connectivity index (χ4v) is 3.24. The number of pyridine rings is 1. The third-order valence-electron chi connectivity index (χ3n) is 4.78. The molecular weight excluding hydrogens is 368 g/mol. The highest BCUT2D eigenvalue weighted by atomic mass is 16.5. The smallest absolute Gasteiger partial charge is 0.227 e. The Labute approximate surface area is 169 Å². The van der Waals surface area contributed by atoms with Gasteiger partial charge in [-0.15, -0.1) is 0 Å². The molecular formula is C21H24N6O2. The summed E-state index contributed by atoms with van der Waals surface area (Å²) in [6, 6.07) is 11.5. The van der Waals surface area contributed by atoms with Crippen molar-refractivity contribution in [2.45, 2.75) is 0 Å². The van der Waals surface area contributed by atoms with E-state index in [2.05, 4.69) is 30.5 Å². The van der Waals surface area contributed by atoms with Gasteiger partial charge in [0.2, 0.25) is 5.95 Å². The van der Waals surface area contributed by atoms with Crippen LogP contribution in [0.15, 0.2) is 48.8 Å². The third-order valence-corrected chi connectivity index (χ3v) is 4.78. The lowest BCUT2D eigenvalue weighted by Crippen LogP contribution is -2.43. The molecule has 2 N–H and O–H groups in total. The Bertz CT molecular complexity index is 958. The summed E-state index contributed by atoms with van der Waals surface area (Å²) < 4.78 is 10.6. The van der Waals surface area contributed by atoms with E-state index in [1.54, 1.807) is 20.4 Å². The summed E-state index contributed by atoms with van der Waals surface area (Å²) in [6.07, 6.45) is 3.59. The molecule has 1 aromatic carbocycles. The van der Waals surface area contributed by atoms with Gasteiger partial charge in [-0.3, -0.25) is 0 Å². The molecule has 2 aromatic heterocycles. The van der Waals surface area contributed by atoms with E-state index < -0.39 is 0 Å². The van der Waals surface area contributed by atoms with Crippen molar-refractivity contribution >= 4 is 17.5 Å². The lowest BCUT2D eigenvalue weighted by atomic mass is 10.2. The second-order valence-corrected chi connectivity index (χ2v) is 6.60. The van der Waals surface area contributed by atoms with Crippen LogP contribution in [0.4, 0.5) is 17.5 Å². The number of benzene rings is 1. The van der Waals surface area contributed by atoms with Gasteiger partial charge in [0.15, 0.2) is 11.5 Å². The molecule has 0 aliphatic carbocycles. The molecule has 0 atom stereocenters. The highest BCUT2D eigenvalue weighted by molar-refractivity contribution is 5.64. The van der Waals surface area contributed by atoms with Crippen LogP contribution >= 0.6 is 0 Å². The number of rotatable bonds is 6. The molecule has 29 heavy (non-hydrogen) atoms. The molecule has 4 rings (SSSR count). The van der Waals surface area contributed by atoms with Crippen molar-refractivity contribution in [1.29, 1.82) is 0 Å². The summed E-state index contributed by atoms with van der Waals surface area (Å²) in [5.41, 5.74) is 2.57. The Kier molecular flexibility index (Phi) is 5.71. The molecule has 0 saturated carbocycles. The lowest BCUT2D eigenvalue weighted by Gasteiger charge is -2.28. The number of nitrogens with zero attached hydrogens (tertiary/aromatic N) is 4. The Morgan fingerprint density at radius 3 is 2.52 bits per heavy atom. The van der Waals surface area contributed by atoms with Crippen molar-refractivity contribution in [2.24, 2.45) is 0 Å². The first-order valence-corrected chi connectivity index (χ1v) is 9.51. The van der Waals surface area contributed by atoms with E-state index in [0.29, 0.717) is 17.4 Å². The lowest BCUT2D eigenvalue weighted by molar-refractivity contribution is 0.355. The zero-order valence-electron chi connectivity index (χ0n) is 16.6. The van der Waals surface area contributed by atoms with Crippen molar-refractivity contribution < 1.29 is 9.47 Å². The molecule has 0 radical (unpaired) electrons. The first-order chi connectivity index (χ1) is 14.3. The van der Waals surface area contributed by atoms with Gasteiger partial charge in [0, 0.05) is 55.9 Å². The zero-order valence-corrected chi connectivity index (χ0v) is 16.6. The molecule has 1 aliphatic heterocycles. The number of ether oxygens (including phenoxy) is 2. The highest BCUT2D eigenvalue weighted by Gasteiger charge is 2.12. The van der Waals surface area contributed by atoms with Crippen molar-refractivity contribution in [1.82, 2.24) is 20.3 Å². The molecule has 0 amide bonds. The largest absolute Gasteiger partial charge is 0.493 e. The van der Waals surface area contributed by atoms with Crippen LogP contribution in [0.5, 0.6) is 11.5 Å². The molecule has 8 nitrogen and oxygen atoms in total. The van der Waals surface area contributed by atoms with E-state index in [9.17, 15) is 0 Å². The summed E-state index contributed by atoms with van der Waals surface area (Å²) in [6.45, 7) is 3.92. The number of aromatic nitrogens is 3. The summed E-state index contributed by atoms with van der Waals surface area (Å²) in [5.74, 6) is 2.80. The average molecular weight is 392 g/mol. The van der Waals surface area contributed by atoms with E-state index in [4.69, 9.17) is 9.47 Å². The maximum atomic E-state index is 5.35. The minimum absolute atomic E-state index is 0.501. The monoisotopic (exact) mass is 392 g/mol. The van der Waals surface area contributed by atoms with Crippen molar-refractivity contribution in [3.63, 3.8) is 0 Å². The van der Waals surface area contributed by atoms with Crippen LogP contribution in [0.3, 0.4) is 0 Å². The summed E-state index contributed by atoms with van der Waals surface area (Å²) in [7, 11) is 3.22. The van der Waals surface area contributed by atoms with Crippen molar-refractivity contribution in [3.8, 4) is 22.8 Å². The molecule has 8 heteroatoms. The number of hydrogen-bond donors (Lipinski definition) is 2. The van der Waals surface area contributed by atoms with E-state index >= 15 is 0 Å². The van der Waals surface area contributed by atoms with Gasteiger partial charge >= 0.3 is 0 Å². The number of hydrogen-bond acceptors (Lipinski definition) is 8. The molecule has 3 aromatic rings. The minimum atomic E-state index is 0.501. The average Bonchev–Trinajstić information content (AvgIpc) is 2.80. The fourth-order valence-electron chi connectivity index (χ4n) is 3.24. The first-order valence-electron chi connectivity index (χ1n) is 9.51. The van der Waals surface area contributed by atoms with Gasteiger partial charge in [-0.25, -0.2) is 15.0 Å². The molecule has 0 unspecified atom stereocenters. The summed E-state index contributed by atoms with van der Waals surface area (Å²) in [5, 5.41) is 6.56. The number of anilines is 3. The normalized spacial score (nSPS) is 13.8. The van der Waals surface area contributed by atoms with Gasteiger partial charge in [0.25, 0.3) is 0 Å². The first kappa shape index (κ1) is 18.9. The predicted molar refractivity (Wildman–Crippen MR) is 113 cm³/mol. The van der Waals surface area contributed by atoms with Crippen LogP contribution in [-0.4, -0.2) is 55.4 Å².